The van der Waals surface area contributed by atoms with Crippen molar-refractivity contribution in [3.63, 3.8) is 0 Å². The van der Waals surface area contributed by atoms with E-state index in [9.17, 15) is 14.7 Å². The molecular weight excluding hydrogens is 320 g/mol. The minimum atomic E-state index is -0.909. The predicted octanol–water partition coefficient (Wildman–Crippen LogP) is 3.13. The van der Waals surface area contributed by atoms with Gasteiger partial charge in [0, 0.05) is 24.9 Å². The van der Waals surface area contributed by atoms with Crippen LogP contribution in [0, 0.1) is 0 Å². The van der Waals surface area contributed by atoms with Gasteiger partial charge < -0.3 is 14.4 Å². The maximum absolute atomic E-state index is 12.3. The van der Waals surface area contributed by atoms with Crippen LogP contribution in [-0.2, 0) is 16.0 Å². The molecule has 0 saturated carbocycles. The molecule has 1 N–H and O–H groups in total. The molecule has 25 heavy (non-hydrogen) atoms. The van der Waals surface area contributed by atoms with E-state index < -0.39 is 12.0 Å². The minimum Gasteiger partial charge on any atom is -0.480 e. The number of aliphatic carboxylic acids is 1. The number of piperidine rings is 1. The van der Waals surface area contributed by atoms with Gasteiger partial charge in [0.2, 0.25) is 5.91 Å². The van der Waals surface area contributed by atoms with Crippen LogP contribution in [0.5, 0.6) is 0 Å². The summed E-state index contributed by atoms with van der Waals surface area (Å²) in [5, 5.41) is 9.25. The Kier molecular flexibility index (Phi) is 5.48. The Balaban J connectivity index is 1.52. The number of aryl methyl sites for hydroxylation is 1. The van der Waals surface area contributed by atoms with Gasteiger partial charge in [-0.1, -0.05) is 30.3 Å². The summed E-state index contributed by atoms with van der Waals surface area (Å²) in [7, 11) is 0. The molecule has 132 valence electrons. The average molecular weight is 342 g/mol. The van der Waals surface area contributed by atoms with Gasteiger partial charge in [0.15, 0.2) is 11.7 Å². The summed E-state index contributed by atoms with van der Waals surface area (Å²) >= 11 is 0. The fraction of sp³-hybridized carbons (Fsp3) is 0.421. The highest BCUT2D eigenvalue weighted by atomic mass is 16.4. The molecule has 2 heterocycles. The lowest BCUT2D eigenvalue weighted by atomic mass is 10.0. The van der Waals surface area contributed by atoms with Crippen LogP contribution in [0.1, 0.15) is 38.0 Å². The maximum Gasteiger partial charge on any atom is 0.326 e. The average Bonchev–Trinajstić information content (AvgIpc) is 3.11. The SMILES string of the molecule is O=C(O)C1CCCCN1C(=O)CCCc1ncc(-c2ccccc2)o1. The Morgan fingerprint density at radius 3 is 2.80 bits per heavy atom. The van der Waals surface area contributed by atoms with Crippen molar-refractivity contribution in [2.75, 3.05) is 6.54 Å². The highest BCUT2D eigenvalue weighted by molar-refractivity contribution is 5.83. The van der Waals surface area contributed by atoms with Crippen LogP contribution in [0.2, 0.25) is 0 Å². The van der Waals surface area contributed by atoms with Crippen LogP contribution < -0.4 is 0 Å². The van der Waals surface area contributed by atoms with Crippen molar-refractivity contribution in [3.8, 4) is 11.3 Å². The number of carboxylic acid groups (broad SMARTS) is 1. The molecule has 6 heteroatoms. The number of amides is 1. The first-order chi connectivity index (χ1) is 12.1. The quantitative estimate of drug-likeness (QED) is 0.872. The molecule has 1 aliphatic heterocycles. The number of rotatable bonds is 6. The number of nitrogens with zero attached hydrogens (tertiary/aromatic N) is 2. The largest absolute Gasteiger partial charge is 0.480 e. The second kappa shape index (κ2) is 7.96. The van der Waals surface area contributed by atoms with Gasteiger partial charge in [-0.15, -0.1) is 0 Å². The number of carbonyl (C=O) groups excluding carboxylic acids is 1. The monoisotopic (exact) mass is 342 g/mol. The third kappa shape index (κ3) is 4.26. The van der Waals surface area contributed by atoms with Crippen LogP contribution in [0.15, 0.2) is 40.9 Å². The molecule has 1 aliphatic rings. The number of aromatic nitrogens is 1. The van der Waals surface area contributed by atoms with Crippen LogP contribution in [0.25, 0.3) is 11.3 Å². The molecule has 2 aromatic rings. The molecule has 0 radical (unpaired) electrons. The van der Waals surface area contributed by atoms with Crippen LogP contribution in [0.4, 0.5) is 0 Å². The van der Waals surface area contributed by atoms with Crippen molar-refractivity contribution >= 4 is 11.9 Å². The number of hydrogen-bond donors (Lipinski definition) is 1. The van der Waals surface area contributed by atoms with E-state index in [1.807, 2.05) is 30.3 Å². The first kappa shape index (κ1) is 17.2. The normalized spacial score (nSPS) is 17.4. The van der Waals surface area contributed by atoms with Gasteiger partial charge in [0.25, 0.3) is 0 Å². The van der Waals surface area contributed by atoms with Gasteiger partial charge in [-0.05, 0) is 25.7 Å². The van der Waals surface area contributed by atoms with Crippen molar-refractivity contribution in [3.05, 3.63) is 42.4 Å². The maximum atomic E-state index is 12.3. The summed E-state index contributed by atoms with van der Waals surface area (Å²) < 4.78 is 5.73. The van der Waals surface area contributed by atoms with Crippen LogP contribution in [-0.4, -0.2) is 39.5 Å². The van der Waals surface area contributed by atoms with E-state index in [1.54, 1.807) is 6.20 Å². The smallest absolute Gasteiger partial charge is 0.326 e. The van der Waals surface area contributed by atoms with E-state index in [2.05, 4.69) is 4.98 Å². The zero-order chi connectivity index (χ0) is 17.6. The zero-order valence-electron chi connectivity index (χ0n) is 14.1. The van der Waals surface area contributed by atoms with Gasteiger partial charge in [-0.2, -0.15) is 0 Å². The summed E-state index contributed by atoms with van der Waals surface area (Å²) in [4.78, 5) is 29.4. The van der Waals surface area contributed by atoms with E-state index in [1.165, 1.54) is 4.90 Å². The summed E-state index contributed by atoms with van der Waals surface area (Å²) in [6, 6.07) is 9.05. The number of likely N-dealkylation sites (tertiary alicyclic amines) is 1. The second-order valence-corrected chi connectivity index (χ2v) is 6.27. The molecule has 1 aromatic carbocycles. The first-order valence-corrected chi connectivity index (χ1v) is 8.67. The summed E-state index contributed by atoms with van der Waals surface area (Å²) in [6.45, 7) is 0.535. The van der Waals surface area contributed by atoms with Gasteiger partial charge in [0.05, 0.1) is 6.20 Å². The second-order valence-electron chi connectivity index (χ2n) is 6.27. The lowest BCUT2D eigenvalue weighted by Gasteiger charge is -2.33. The molecule has 3 rings (SSSR count). The van der Waals surface area contributed by atoms with Crippen LogP contribution in [0.3, 0.4) is 0 Å². The van der Waals surface area contributed by atoms with E-state index in [4.69, 9.17) is 4.42 Å². The molecule has 1 atom stereocenters. The Bertz CT molecular complexity index is 726. The number of carbonyl (C=O) groups is 2. The van der Waals surface area contributed by atoms with E-state index in [0.29, 0.717) is 43.9 Å². The molecule has 1 fully saturated rings. The van der Waals surface area contributed by atoms with E-state index in [-0.39, 0.29) is 5.91 Å². The molecule has 1 saturated heterocycles. The Labute approximate surface area is 146 Å². The Morgan fingerprint density at radius 1 is 1.24 bits per heavy atom. The Morgan fingerprint density at radius 2 is 2.04 bits per heavy atom. The lowest BCUT2D eigenvalue weighted by molar-refractivity contribution is -0.152. The van der Waals surface area contributed by atoms with Gasteiger partial charge >= 0.3 is 5.97 Å². The molecule has 1 aromatic heterocycles. The summed E-state index contributed by atoms with van der Waals surface area (Å²) in [5.41, 5.74) is 0.968. The van der Waals surface area contributed by atoms with Crippen molar-refractivity contribution in [1.82, 2.24) is 9.88 Å². The first-order valence-electron chi connectivity index (χ1n) is 8.67. The minimum absolute atomic E-state index is 0.0954. The third-order valence-corrected chi connectivity index (χ3v) is 4.50. The van der Waals surface area contributed by atoms with Gasteiger partial charge in [0.1, 0.15) is 6.04 Å². The molecule has 0 spiro atoms. The van der Waals surface area contributed by atoms with E-state index in [0.717, 1.165) is 18.4 Å². The van der Waals surface area contributed by atoms with Crippen LogP contribution >= 0.6 is 0 Å². The predicted molar refractivity (Wildman–Crippen MR) is 91.9 cm³/mol. The molecule has 1 unspecified atom stereocenters. The molecule has 0 bridgehead atoms. The lowest BCUT2D eigenvalue weighted by Crippen LogP contribution is -2.47. The number of benzene rings is 1. The fourth-order valence-electron chi connectivity index (χ4n) is 3.18. The fourth-order valence-corrected chi connectivity index (χ4v) is 3.18. The topological polar surface area (TPSA) is 83.6 Å². The summed E-state index contributed by atoms with van der Waals surface area (Å²) in [6.07, 6.45) is 5.43. The van der Waals surface area contributed by atoms with Crippen molar-refractivity contribution in [2.24, 2.45) is 0 Å². The van der Waals surface area contributed by atoms with Crippen molar-refractivity contribution < 1.29 is 19.1 Å². The summed E-state index contributed by atoms with van der Waals surface area (Å²) in [5.74, 6) is 0.305. The van der Waals surface area contributed by atoms with E-state index >= 15 is 0 Å². The molecule has 6 nitrogen and oxygen atoms in total. The highest BCUT2D eigenvalue weighted by Crippen LogP contribution is 2.21. The van der Waals surface area contributed by atoms with Gasteiger partial charge in [-0.3, -0.25) is 4.79 Å². The standard InChI is InChI=1S/C19H22N2O4/c22-18(21-12-5-4-9-15(21)19(23)24)11-6-10-17-20-13-16(25-17)14-7-2-1-3-8-14/h1-3,7-8,13,15H,4-6,9-12H2,(H,23,24). The molecular formula is C19H22N2O4. The molecule has 1 amide bonds. The van der Waals surface area contributed by atoms with Crippen molar-refractivity contribution in [2.45, 2.75) is 44.6 Å². The zero-order valence-corrected chi connectivity index (χ0v) is 14.1. The Hall–Kier alpha value is -2.63. The number of hydrogen-bond acceptors (Lipinski definition) is 4. The number of oxazole rings is 1. The van der Waals surface area contributed by atoms with Crippen molar-refractivity contribution in [1.29, 1.82) is 0 Å². The highest BCUT2D eigenvalue weighted by Gasteiger charge is 2.31. The third-order valence-electron chi connectivity index (χ3n) is 4.50. The molecule has 0 aliphatic carbocycles. The van der Waals surface area contributed by atoms with Gasteiger partial charge in [-0.25, -0.2) is 9.78 Å². The number of carboxylic acids is 1.